The zero-order valence-corrected chi connectivity index (χ0v) is 10.1. The number of esters is 1. The van der Waals surface area contributed by atoms with Crippen LogP contribution in [0.15, 0.2) is 23.2 Å². The fourth-order valence-corrected chi connectivity index (χ4v) is 2.65. The molecule has 0 saturated heterocycles. The highest BCUT2D eigenvalue weighted by atomic mass is 35.5. The molecule has 5 nitrogen and oxygen atoms in total. The quantitative estimate of drug-likeness (QED) is 0.596. The predicted octanol–water partition coefficient (Wildman–Crippen LogP) is 0.881. The van der Waals surface area contributed by atoms with Gasteiger partial charge in [-0.05, 0) is 12.1 Å². The van der Waals surface area contributed by atoms with Crippen molar-refractivity contribution in [3.8, 4) is 0 Å². The lowest BCUT2D eigenvalue weighted by molar-refractivity contribution is 0.0593. The number of rotatable bonds is 4. The third-order valence-electron chi connectivity index (χ3n) is 1.83. The van der Waals surface area contributed by atoms with Crippen molar-refractivity contribution >= 4 is 27.4 Å². The molecule has 0 atom stereocenters. The first-order valence-electron chi connectivity index (χ1n) is 4.34. The number of carbonyl (C=O) groups is 1. The van der Waals surface area contributed by atoms with Crippen LogP contribution in [0.2, 0.25) is 0 Å². The van der Waals surface area contributed by atoms with Crippen molar-refractivity contribution in [2.45, 2.75) is 4.90 Å². The molecule has 88 valence electrons. The molecule has 0 radical (unpaired) electrons. The molecule has 1 heterocycles. The van der Waals surface area contributed by atoms with Gasteiger partial charge in [0.1, 0.15) is 5.69 Å². The van der Waals surface area contributed by atoms with Gasteiger partial charge in [0.05, 0.1) is 17.8 Å². The van der Waals surface area contributed by atoms with Crippen LogP contribution in [-0.4, -0.2) is 38.1 Å². The Kier molecular flexibility index (Phi) is 4.26. The van der Waals surface area contributed by atoms with Gasteiger partial charge in [0.15, 0.2) is 9.84 Å². The van der Waals surface area contributed by atoms with Gasteiger partial charge >= 0.3 is 5.97 Å². The number of pyridine rings is 1. The van der Waals surface area contributed by atoms with Crippen LogP contribution in [0.5, 0.6) is 0 Å². The number of ether oxygens (including phenoxy) is 1. The fraction of sp³-hybridized carbons (Fsp3) is 0.333. The van der Waals surface area contributed by atoms with Crippen molar-refractivity contribution in [3.05, 3.63) is 24.0 Å². The molecule has 0 aliphatic heterocycles. The number of alkyl halides is 1. The Labute approximate surface area is 98.3 Å². The summed E-state index contributed by atoms with van der Waals surface area (Å²) in [5.41, 5.74) is -0.0434. The summed E-state index contributed by atoms with van der Waals surface area (Å²) in [5.74, 6) is -0.861. The van der Waals surface area contributed by atoms with Crippen LogP contribution in [0.3, 0.4) is 0 Å². The molecule has 0 spiro atoms. The monoisotopic (exact) mass is 263 g/mol. The summed E-state index contributed by atoms with van der Waals surface area (Å²) >= 11 is 5.38. The van der Waals surface area contributed by atoms with E-state index in [4.69, 9.17) is 11.6 Å². The molecule has 0 saturated carbocycles. The summed E-state index contributed by atoms with van der Waals surface area (Å²) in [6, 6.07) is 2.49. The zero-order valence-electron chi connectivity index (χ0n) is 8.51. The molecule has 1 aromatic rings. The molecule has 0 amide bonds. The summed E-state index contributed by atoms with van der Waals surface area (Å²) in [7, 11) is -2.26. The van der Waals surface area contributed by atoms with E-state index in [2.05, 4.69) is 9.72 Å². The van der Waals surface area contributed by atoms with Crippen molar-refractivity contribution in [2.75, 3.05) is 18.7 Å². The minimum Gasteiger partial charge on any atom is -0.464 e. The van der Waals surface area contributed by atoms with E-state index in [1.807, 2.05) is 0 Å². The summed E-state index contributed by atoms with van der Waals surface area (Å²) in [4.78, 5) is 14.9. The highest BCUT2D eigenvalue weighted by molar-refractivity contribution is 7.91. The molecule has 0 aromatic carbocycles. The molecule has 0 N–H and O–H groups in total. The standard InChI is InChI=1S/C9H10ClNO4S/c1-15-9(12)8-6-7(2-4-11-8)16(13,14)5-3-10/h2,4,6H,3,5H2,1H3. The van der Waals surface area contributed by atoms with Crippen LogP contribution in [0.4, 0.5) is 0 Å². The minimum atomic E-state index is -3.45. The van der Waals surface area contributed by atoms with E-state index < -0.39 is 15.8 Å². The van der Waals surface area contributed by atoms with Crippen LogP contribution in [-0.2, 0) is 14.6 Å². The number of methoxy groups -OCH3 is 1. The molecule has 7 heteroatoms. The maximum Gasteiger partial charge on any atom is 0.356 e. The second-order valence-corrected chi connectivity index (χ2v) is 5.36. The topological polar surface area (TPSA) is 73.3 Å². The molecule has 0 fully saturated rings. The van der Waals surface area contributed by atoms with E-state index in [1.165, 1.54) is 25.4 Å². The molecule has 0 aliphatic carbocycles. The highest BCUT2D eigenvalue weighted by Crippen LogP contribution is 2.12. The summed E-state index contributed by atoms with van der Waals surface area (Å²) in [5, 5.41) is 0. The largest absolute Gasteiger partial charge is 0.464 e. The van der Waals surface area contributed by atoms with Gasteiger partial charge in [0.25, 0.3) is 0 Å². The Morgan fingerprint density at radius 3 is 2.81 bits per heavy atom. The Morgan fingerprint density at radius 1 is 1.56 bits per heavy atom. The highest BCUT2D eigenvalue weighted by Gasteiger charge is 2.16. The van der Waals surface area contributed by atoms with Crippen LogP contribution in [0.25, 0.3) is 0 Å². The molecular weight excluding hydrogens is 254 g/mol. The van der Waals surface area contributed by atoms with Gasteiger partial charge in [0.2, 0.25) is 0 Å². The van der Waals surface area contributed by atoms with Crippen LogP contribution < -0.4 is 0 Å². The fourth-order valence-electron chi connectivity index (χ4n) is 1.04. The zero-order chi connectivity index (χ0) is 12.2. The van der Waals surface area contributed by atoms with Gasteiger partial charge in [-0.15, -0.1) is 11.6 Å². The Hall–Kier alpha value is -1.14. The SMILES string of the molecule is COC(=O)c1cc(S(=O)(=O)CCCl)ccn1. The van der Waals surface area contributed by atoms with Gasteiger partial charge in [-0.1, -0.05) is 0 Å². The number of hydrogen-bond acceptors (Lipinski definition) is 5. The van der Waals surface area contributed by atoms with E-state index in [9.17, 15) is 13.2 Å². The summed E-state index contributed by atoms with van der Waals surface area (Å²) < 4.78 is 27.7. The lowest BCUT2D eigenvalue weighted by Gasteiger charge is -2.03. The second kappa shape index (κ2) is 5.27. The van der Waals surface area contributed by atoms with Gasteiger partial charge in [-0.25, -0.2) is 18.2 Å². The van der Waals surface area contributed by atoms with Crippen LogP contribution in [0, 0.1) is 0 Å². The van der Waals surface area contributed by atoms with Gasteiger partial charge in [0, 0.05) is 12.1 Å². The molecule has 16 heavy (non-hydrogen) atoms. The lowest BCUT2D eigenvalue weighted by Crippen LogP contribution is -2.11. The first kappa shape index (κ1) is 12.9. The molecular formula is C9H10ClNO4S. The van der Waals surface area contributed by atoms with Gasteiger partial charge in [-0.2, -0.15) is 0 Å². The maximum absolute atomic E-state index is 11.6. The first-order valence-corrected chi connectivity index (χ1v) is 6.53. The Balaban J connectivity index is 3.13. The maximum atomic E-state index is 11.6. The van der Waals surface area contributed by atoms with Gasteiger partial charge in [-0.3, -0.25) is 0 Å². The average Bonchev–Trinajstić information content (AvgIpc) is 2.28. The number of nitrogens with zero attached hydrogens (tertiary/aromatic N) is 1. The van der Waals surface area contributed by atoms with E-state index in [-0.39, 0.29) is 22.2 Å². The van der Waals surface area contributed by atoms with Crippen molar-refractivity contribution in [3.63, 3.8) is 0 Å². The smallest absolute Gasteiger partial charge is 0.356 e. The van der Waals surface area contributed by atoms with E-state index >= 15 is 0 Å². The minimum absolute atomic E-state index is 0.00177. The van der Waals surface area contributed by atoms with Crippen molar-refractivity contribution in [1.82, 2.24) is 4.98 Å². The van der Waals surface area contributed by atoms with E-state index in [1.54, 1.807) is 0 Å². The second-order valence-electron chi connectivity index (χ2n) is 2.88. The number of sulfone groups is 1. The van der Waals surface area contributed by atoms with Crippen LogP contribution in [0.1, 0.15) is 10.5 Å². The van der Waals surface area contributed by atoms with Crippen molar-refractivity contribution in [2.24, 2.45) is 0 Å². The summed E-state index contributed by atoms with van der Waals surface area (Å²) in [6.07, 6.45) is 1.24. The Bertz CT molecular complexity index is 486. The van der Waals surface area contributed by atoms with Crippen molar-refractivity contribution in [1.29, 1.82) is 0 Å². The number of aromatic nitrogens is 1. The number of halogens is 1. The summed E-state index contributed by atoms with van der Waals surface area (Å²) in [6.45, 7) is 0. The number of hydrogen-bond donors (Lipinski definition) is 0. The molecule has 0 bridgehead atoms. The third-order valence-corrected chi connectivity index (χ3v) is 3.96. The Morgan fingerprint density at radius 2 is 2.25 bits per heavy atom. The van der Waals surface area contributed by atoms with E-state index in [0.717, 1.165) is 0 Å². The number of carbonyl (C=O) groups excluding carboxylic acids is 1. The third kappa shape index (κ3) is 2.93. The lowest BCUT2D eigenvalue weighted by atomic mass is 10.3. The molecule has 0 aliphatic rings. The average molecular weight is 264 g/mol. The van der Waals surface area contributed by atoms with Crippen molar-refractivity contribution < 1.29 is 17.9 Å². The predicted molar refractivity (Wildman–Crippen MR) is 58.3 cm³/mol. The molecule has 0 unspecified atom stereocenters. The first-order chi connectivity index (χ1) is 7.51. The normalized spacial score (nSPS) is 11.1. The molecule has 1 rings (SSSR count). The molecule has 1 aromatic heterocycles. The van der Waals surface area contributed by atoms with Gasteiger partial charge < -0.3 is 4.74 Å². The van der Waals surface area contributed by atoms with E-state index in [0.29, 0.717) is 0 Å². The van der Waals surface area contributed by atoms with Crippen LogP contribution >= 0.6 is 11.6 Å².